The Morgan fingerprint density at radius 2 is 1.73 bits per heavy atom. The Morgan fingerprint density at radius 1 is 1.03 bits per heavy atom. The molecular formula is C26H22N2O5. The quantitative estimate of drug-likeness (QED) is 0.226. The molecule has 0 bridgehead atoms. The molecule has 1 aromatic heterocycles. The molecule has 166 valence electrons. The van der Waals surface area contributed by atoms with Gasteiger partial charge in [0.05, 0.1) is 19.4 Å². The van der Waals surface area contributed by atoms with Gasteiger partial charge in [-0.15, -0.1) is 0 Å². The Kier molecular flexibility index (Phi) is 8.21. The average molecular weight is 442 g/mol. The van der Waals surface area contributed by atoms with Gasteiger partial charge in [-0.05, 0) is 66.6 Å². The molecule has 0 aliphatic carbocycles. The van der Waals surface area contributed by atoms with Gasteiger partial charge in [0.2, 0.25) is 0 Å². The fraction of sp³-hybridized carbons (Fsp3) is 0.115. The molecule has 0 aliphatic rings. The van der Waals surface area contributed by atoms with Crippen LogP contribution in [-0.4, -0.2) is 18.5 Å². The lowest BCUT2D eigenvalue weighted by molar-refractivity contribution is -0.128. The molecule has 3 aromatic rings. The predicted octanol–water partition coefficient (Wildman–Crippen LogP) is 4.52. The molecule has 0 atom stereocenters. The summed E-state index contributed by atoms with van der Waals surface area (Å²) < 4.78 is 15.8. The molecule has 0 unspecified atom stereocenters. The Bertz CT molecular complexity index is 1170. The van der Waals surface area contributed by atoms with Crippen LogP contribution in [0.25, 0.3) is 12.2 Å². The normalized spacial score (nSPS) is 11.1. The average Bonchev–Trinajstić information content (AvgIpc) is 3.35. The second-order valence-corrected chi connectivity index (χ2v) is 6.76. The van der Waals surface area contributed by atoms with Crippen LogP contribution in [0.15, 0.2) is 83.0 Å². The van der Waals surface area contributed by atoms with E-state index < -0.39 is 11.9 Å². The summed E-state index contributed by atoms with van der Waals surface area (Å²) in [4.78, 5) is 24.3. The lowest BCUT2D eigenvalue weighted by Gasteiger charge is -2.04. The molecule has 33 heavy (non-hydrogen) atoms. The van der Waals surface area contributed by atoms with Gasteiger partial charge >= 0.3 is 5.97 Å². The van der Waals surface area contributed by atoms with Gasteiger partial charge in [0, 0.05) is 6.08 Å². The Hall–Kier alpha value is -4.57. The number of carbonyl (C=O) groups is 2. The molecule has 1 N–H and O–H groups in total. The molecule has 0 spiro atoms. The number of ether oxygens (including phenoxy) is 2. The summed E-state index contributed by atoms with van der Waals surface area (Å²) in [7, 11) is 0. The monoisotopic (exact) mass is 442 g/mol. The minimum absolute atomic E-state index is 0.0513. The topological polar surface area (TPSA) is 102 Å². The lowest BCUT2D eigenvalue weighted by atomic mass is 10.1. The van der Waals surface area contributed by atoms with Crippen LogP contribution >= 0.6 is 0 Å². The van der Waals surface area contributed by atoms with Crippen molar-refractivity contribution in [3.63, 3.8) is 0 Å². The summed E-state index contributed by atoms with van der Waals surface area (Å²) in [5, 5.41) is 11.9. The third-order valence-electron chi connectivity index (χ3n) is 4.38. The Balaban J connectivity index is 1.55. The van der Waals surface area contributed by atoms with E-state index in [0.29, 0.717) is 23.7 Å². The van der Waals surface area contributed by atoms with Crippen molar-refractivity contribution in [1.82, 2.24) is 5.32 Å². The van der Waals surface area contributed by atoms with E-state index in [1.54, 1.807) is 42.5 Å². The molecule has 0 aliphatic heterocycles. The summed E-state index contributed by atoms with van der Waals surface area (Å²) >= 11 is 0. The number of hydrogen-bond acceptors (Lipinski definition) is 6. The molecule has 0 fully saturated rings. The van der Waals surface area contributed by atoms with Gasteiger partial charge in [0.25, 0.3) is 5.91 Å². The van der Waals surface area contributed by atoms with Crippen LogP contribution in [0.5, 0.6) is 11.5 Å². The summed E-state index contributed by atoms with van der Waals surface area (Å²) in [6, 6.07) is 19.1. The van der Waals surface area contributed by atoms with E-state index >= 15 is 0 Å². The molecule has 0 saturated carbocycles. The highest BCUT2D eigenvalue weighted by Crippen LogP contribution is 2.16. The molecule has 2 aromatic carbocycles. The minimum atomic E-state index is -0.526. The number of amides is 1. The minimum Gasteiger partial charge on any atom is -0.494 e. The van der Waals surface area contributed by atoms with Crippen molar-refractivity contribution >= 4 is 24.0 Å². The maximum atomic E-state index is 12.2. The van der Waals surface area contributed by atoms with Gasteiger partial charge in [0.1, 0.15) is 28.9 Å². The second kappa shape index (κ2) is 11.7. The van der Waals surface area contributed by atoms with Gasteiger partial charge < -0.3 is 19.2 Å². The maximum Gasteiger partial charge on any atom is 0.336 e. The van der Waals surface area contributed by atoms with E-state index in [0.717, 1.165) is 11.3 Å². The van der Waals surface area contributed by atoms with E-state index in [1.165, 1.54) is 18.4 Å². The number of nitrogens with zero attached hydrogens (tertiary/aromatic N) is 1. The zero-order valence-electron chi connectivity index (χ0n) is 18.0. The predicted molar refractivity (Wildman–Crippen MR) is 123 cm³/mol. The molecule has 7 heteroatoms. The van der Waals surface area contributed by atoms with E-state index in [2.05, 4.69) is 5.32 Å². The number of carbonyl (C=O) groups excluding carboxylic acids is 2. The number of nitrogens with one attached hydrogen (secondary N) is 1. The van der Waals surface area contributed by atoms with E-state index in [1.807, 2.05) is 37.3 Å². The molecule has 1 amide bonds. The van der Waals surface area contributed by atoms with Crippen LogP contribution in [0, 0.1) is 11.3 Å². The van der Waals surface area contributed by atoms with Crippen molar-refractivity contribution < 1.29 is 23.5 Å². The van der Waals surface area contributed by atoms with Crippen molar-refractivity contribution in [1.29, 1.82) is 5.26 Å². The third-order valence-corrected chi connectivity index (χ3v) is 4.38. The first-order valence-corrected chi connectivity index (χ1v) is 10.2. The standard InChI is InChI=1S/C26H22N2O5/c1-2-31-22-10-5-19(6-11-22)9-14-25(29)33-23-12-7-20(8-13-23)16-21(17-27)26(30)28-18-24-4-3-15-32-24/h3-16H,2,18H2,1H3,(H,28,30)/b14-9+,21-16+. The highest BCUT2D eigenvalue weighted by molar-refractivity contribution is 6.01. The number of hydrogen-bond donors (Lipinski definition) is 1. The highest BCUT2D eigenvalue weighted by atomic mass is 16.5. The van der Waals surface area contributed by atoms with Crippen molar-refractivity contribution in [2.24, 2.45) is 0 Å². The zero-order valence-corrected chi connectivity index (χ0v) is 18.0. The fourth-order valence-corrected chi connectivity index (χ4v) is 2.78. The Labute approximate surface area is 191 Å². The van der Waals surface area contributed by atoms with Crippen molar-refractivity contribution in [3.05, 3.63) is 95.5 Å². The van der Waals surface area contributed by atoms with Crippen LogP contribution in [0.4, 0.5) is 0 Å². The van der Waals surface area contributed by atoms with Gasteiger partial charge in [0.15, 0.2) is 0 Å². The van der Waals surface area contributed by atoms with Gasteiger partial charge in [-0.25, -0.2) is 4.79 Å². The number of esters is 1. The fourth-order valence-electron chi connectivity index (χ4n) is 2.78. The first kappa shape index (κ1) is 23.1. The van der Waals surface area contributed by atoms with Crippen LogP contribution in [0.1, 0.15) is 23.8 Å². The number of nitriles is 1. The summed E-state index contributed by atoms with van der Waals surface area (Å²) in [5.74, 6) is 0.657. The molecule has 0 saturated heterocycles. The number of benzene rings is 2. The first-order valence-electron chi connectivity index (χ1n) is 10.2. The zero-order chi connectivity index (χ0) is 23.5. The maximum absolute atomic E-state index is 12.2. The third kappa shape index (κ3) is 7.26. The largest absolute Gasteiger partial charge is 0.494 e. The number of furan rings is 1. The first-order chi connectivity index (χ1) is 16.1. The highest BCUT2D eigenvalue weighted by Gasteiger charge is 2.10. The Morgan fingerprint density at radius 3 is 2.36 bits per heavy atom. The SMILES string of the molecule is CCOc1ccc(/C=C/C(=O)Oc2ccc(/C=C(\C#N)C(=O)NCc3ccco3)cc2)cc1. The second-order valence-electron chi connectivity index (χ2n) is 6.76. The van der Waals surface area contributed by atoms with Crippen LogP contribution < -0.4 is 14.8 Å². The van der Waals surface area contributed by atoms with Crippen LogP contribution in [0.2, 0.25) is 0 Å². The van der Waals surface area contributed by atoms with Crippen molar-refractivity contribution in [3.8, 4) is 17.6 Å². The van der Waals surface area contributed by atoms with Gasteiger partial charge in [-0.2, -0.15) is 5.26 Å². The van der Waals surface area contributed by atoms with Gasteiger partial charge in [-0.1, -0.05) is 24.3 Å². The molecule has 0 radical (unpaired) electrons. The summed E-state index contributed by atoms with van der Waals surface area (Å²) in [6.07, 6.45) is 5.94. The molecule has 1 heterocycles. The smallest absolute Gasteiger partial charge is 0.336 e. The van der Waals surface area contributed by atoms with Crippen LogP contribution in [0.3, 0.4) is 0 Å². The van der Waals surface area contributed by atoms with Crippen molar-refractivity contribution in [2.45, 2.75) is 13.5 Å². The lowest BCUT2D eigenvalue weighted by Crippen LogP contribution is -2.23. The summed E-state index contributed by atoms with van der Waals surface area (Å²) in [6.45, 7) is 2.69. The van der Waals surface area contributed by atoms with E-state index in [9.17, 15) is 14.9 Å². The van der Waals surface area contributed by atoms with Crippen LogP contribution in [-0.2, 0) is 16.1 Å². The van der Waals surface area contributed by atoms with E-state index in [-0.39, 0.29) is 12.1 Å². The molecular weight excluding hydrogens is 420 g/mol. The van der Waals surface area contributed by atoms with E-state index in [4.69, 9.17) is 13.9 Å². The summed E-state index contributed by atoms with van der Waals surface area (Å²) in [5.41, 5.74) is 1.40. The number of rotatable bonds is 9. The van der Waals surface area contributed by atoms with Crippen molar-refractivity contribution in [2.75, 3.05) is 6.61 Å². The van der Waals surface area contributed by atoms with Gasteiger partial charge in [-0.3, -0.25) is 4.79 Å². The molecule has 7 nitrogen and oxygen atoms in total. The molecule has 3 rings (SSSR count).